The maximum atomic E-state index is 3.73. The first-order chi connectivity index (χ1) is 9.74. The molecule has 98 valence electrons. The second kappa shape index (κ2) is 4.85. The fourth-order valence-corrected chi connectivity index (χ4v) is 4.36. The van der Waals surface area contributed by atoms with Crippen molar-refractivity contribution in [3.63, 3.8) is 0 Å². The molecule has 0 saturated heterocycles. The number of hydrogen-bond acceptors (Lipinski definition) is 0. The molecule has 0 saturated carbocycles. The molecule has 20 heavy (non-hydrogen) atoms. The third-order valence-electron chi connectivity index (χ3n) is 4.08. The Morgan fingerprint density at radius 1 is 0.850 bits per heavy atom. The molecule has 3 aromatic carbocycles. The Balaban J connectivity index is 2.14. The lowest BCUT2D eigenvalue weighted by molar-refractivity contribution is 0.943. The summed E-state index contributed by atoms with van der Waals surface area (Å²) in [4.78, 5) is 0. The van der Waals surface area contributed by atoms with Gasteiger partial charge in [0, 0.05) is 8.04 Å². The van der Waals surface area contributed by atoms with Crippen LogP contribution < -0.4 is 0 Å². The van der Waals surface area contributed by atoms with Crippen LogP contribution >= 0.6 is 38.5 Å². The lowest BCUT2D eigenvalue weighted by atomic mass is 9.83. The summed E-state index contributed by atoms with van der Waals surface area (Å²) in [6.07, 6.45) is 2.27. The highest BCUT2D eigenvalue weighted by atomic mass is 127. The van der Waals surface area contributed by atoms with Crippen LogP contribution in [-0.2, 0) is 12.8 Å². The monoisotopic (exact) mass is 434 g/mol. The van der Waals surface area contributed by atoms with Crippen molar-refractivity contribution in [2.24, 2.45) is 0 Å². The fraction of sp³-hybridized carbons (Fsp3) is 0.111. The van der Waals surface area contributed by atoms with Gasteiger partial charge in [0.25, 0.3) is 0 Å². The summed E-state index contributed by atoms with van der Waals surface area (Å²) >= 11 is 6.13. The minimum absolute atomic E-state index is 1.13. The molecule has 0 heterocycles. The van der Waals surface area contributed by atoms with Crippen LogP contribution in [0.1, 0.15) is 11.1 Å². The minimum atomic E-state index is 1.13. The first-order valence-corrected chi connectivity index (χ1v) is 8.60. The van der Waals surface area contributed by atoms with E-state index in [0.717, 1.165) is 12.8 Å². The van der Waals surface area contributed by atoms with Crippen molar-refractivity contribution in [3.05, 3.63) is 67.7 Å². The van der Waals surface area contributed by atoms with Gasteiger partial charge in [0.05, 0.1) is 0 Å². The number of fused-ring (bicyclic) bond motifs is 5. The second-order valence-corrected chi connectivity index (χ2v) is 7.34. The Hall–Kier alpha value is -0.870. The van der Waals surface area contributed by atoms with E-state index in [4.69, 9.17) is 0 Å². The molecule has 1 aliphatic rings. The molecule has 0 unspecified atom stereocenters. The van der Waals surface area contributed by atoms with Crippen molar-refractivity contribution in [2.45, 2.75) is 12.8 Å². The van der Waals surface area contributed by atoms with E-state index in [1.165, 1.54) is 41.1 Å². The van der Waals surface area contributed by atoms with Crippen LogP contribution in [-0.4, -0.2) is 0 Å². The average molecular weight is 435 g/mol. The smallest absolute Gasteiger partial charge is 0.0256 e. The van der Waals surface area contributed by atoms with Gasteiger partial charge in [-0.2, -0.15) is 0 Å². The summed E-state index contributed by atoms with van der Waals surface area (Å²) in [6.45, 7) is 0. The van der Waals surface area contributed by atoms with E-state index in [1.54, 1.807) is 0 Å². The Morgan fingerprint density at radius 2 is 1.60 bits per heavy atom. The summed E-state index contributed by atoms with van der Waals surface area (Å²) in [5.74, 6) is 0. The zero-order valence-electron chi connectivity index (χ0n) is 10.8. The van der Waals surface area contributed by atoms with Crippen LogP contribution in [0.25, 0.3) is 21.9 Å². The third kappa shape index (κ3) is 1.92. The standard InChI is InChI=1S/C18H12BrI/c19-17-10-12-6-5-11-9-13(20)7-8-14(11)18(12)16-4-2-1-3-15(16)17/h1-4,7-10H,5-6H2. The minimum Gasteiger partial charge on any atom is -0.0616 e. The summed E-state index contributed by atoms with van der Waals surface area (Å²) in [7, 11) is 0. The van der Waals surface area contributed by atoms with Gasteiger partial charge in [0.1, 0.15) is 0 Å². The van der Waals surface area contributed by atoms with Crippen LogP contribution in [0.5, 0.6) is 0 Å². The summed E-state index contributed by atoms with van der Waals surface area (Å²) < 4.78 is 2.53. The van der Waals surface area contributed by atoms with Gasteiger partial charge in [-0.1, -0.05) is 46.3 Å². The molecule has 4 rings (SSSR count). The number of rotatable bonds is 0. The summed E-state index contributed by atoms with van der Waals surface area (Å²) in [5.41, 5.74) is 5.79. The van der Waals surface area contributed by atoms with Crippen molar-refractivity contribution in [1.29, 1.82) is 0 Å². The van der Waals surface area contributed by atoms with E-state index < -0.39 is 0 Å². The van der Waals surface area contributed by atoms with E-state index in [2.05, 4.69) is 87.1 Å². The van der Waals surface area contributed by atoms with Crippen molar-refractivity contribution >= 4 is 49.3 Å². The summed E-state index contributed by atoms with van der Waals surface area (Å²) in [5, 5.41) is 2.66. The molecule has 3 aromatic rings. The highest BCUT2D eigenvalue weighted by molar-refractivity contribution is 14.1. The van der Waals surface area contributed by atoms with Gasteiger partial charge in [-0.15, -0.1) is 0 Å². The van der Waals surface area contributed by atoms with E-state index in [-0.39, 0.29) is 0 Å². The Labute approximate surface area is 140 Å². The predicted octanol–water partition coefficient (Wildman–Crippen LogP) is 5.97. The van der Waals surface area contributed by atoms with Gasteiger partial charge in [0.2, 0.25) is 0 Å². The van der Waals surface area contributed by atoms with E-state index in [9.17, 15) is 0 Å². The molecule has 0 aliphatic heterocycles. The van der Waals surface area contributed by atoms with Crippen molar-refractivity contribution in [3.8, 4) is 11.1 Å². The number of aryl methyl sites for hydroxylation is 2. The highest BCUT2D eigenvalue weighted by Gasteiger charge is 2.19. The van der Waals surface area contributed by atoms with Crippen molar-refractivity contribution < 1.29 is 0 Å². The highest BCUT2D eigenvalue weighted by Crippen LogP contribution is 2.41. The van der Waals surface area contributed by atoms with Crippen LogP contribution in [0.2, 0.25) is 0 Å². The number of halogens is 2. The van der Waals surface area contributed by atoms with E-state index in [1.807, 2.05) is 0 Å². The zero-order valence-corrected chi connectivity index (χ0v) is 14.5. The maximum absolute atomic E-state index is 3.73. The van der Waals surface area contributed by atoms with Crippen molar-refractivity contribution in [2.75, 3.05) is 0 Å². The molecule has 0 spiro atoms. The van der Waals surface area contributed by atoms with Crippen LogP contribution in [0.4, 0.5) is 0 Å². The Morgan fingerprint density at radius 3 is 2.45 bits per heavy atom. The van der Waals surface area contributed by atoms with Gasteiger partial charge in [0.15, 0.2) is 0 Å². The third-order valence-corrected chi connectivity index (χ3v) is 5.40. The molecule has 0 nitrogen and oxygen atoms in total. The normalized spacial score (nSPS) is 13.1. The predicted molar refractivity (Wildman–Crippen MR) is 97.2 cm³/mol. The first kappa shape index (κ1) is 12.8. The maximum Gasteiger partial charge on any atom is 0.0256 e. The topological polar surface area (TPSA) is 0 Å². The van der Waals surface area contributed by atoms with Crippen molar-refractivity contribution in [1.82, 2.24) is 0 Å². The fourth-order valence-electron chi connectivity index (χ4n) is 3.18. The Kier molecular flexibility index (Phi) is 3.11. The Bertz CT molecular complexity index is 836. The second-order valence-electron chi connectivity index (χ2n) is 5.24. The molecule has 0 fully saturated rings. The van der Waals surface area contributed by atoms with Gasteiger partial charge in [-0.3, -0.25) is 0 Å². The van der Waals surface area contributed by atoms with Gasteiger partial charge < -0.3 is 0 Å². The molecular weight excluding hydrogens is 423 g/mol. The lowest BCUT2D eigenvalue weighted by Gasteiger charge is -2.22. The largest absolute Gasteiger partial charge is 0.0616 e. The lowest BCUT2D eigenvalue weighted by Crippen LogP contribution is -2.05. The van der Waals surface area contributed by atoms with E-state index >= 15 is 0 Å². The molecular formula is C18H12BrI. The quantitative estimate of drug-likeness (QED) is 0.382. The first-order valence-electron chi connectivity index (χ1n) is 6.73. The van der Waals surface area contributed by atoms with Gasteiger partial charge in [-0.05, 0) is 86.7 Å². The molecule has 0 N–H and O–H groups in total. The molecule has 0 bridgehead atoms. The molecule has 2 heteroatoms. The van der Waals surface area contributed by atoms with Gasteiger partial charge in [-0.25, -0.2) is 0 Å². The molecule has 0 aromatic heterocycles. The van der Waals surface area contributed by atoms with Gasteiger partial charge >= 0.3 is 0 Å². The molecule has 0 atom stereocenters. The number of hydrogen-bond donors (Lipinski definition) is 0. The van der Waals surface area contributed by atoms with Crippen LogP contribution in [0.3, 0.4) is 0 Å². The molecule has 1 aliphatic carbocycles. The van der Waals surface area contributed by atoms with Crippen LogP contribution in [0.15, 0.2) is 53.0 Å². The average Bonchev–Trinajstić information content (AvgIpc) is 2.47. The zero-order chi connectivity index (χ0) is 13.7. The van der Waals surface area contributed by atoms with Crippen LogP contribution in [0, 0.1) is 3.57 Å². The SMILES string of the molecule is Brc1cc2c(c3ccccc13)-c1ccc(I)cc1CC2. The van der Waals surface area contributed by atoms with E-state index in [0.29, 0.717) is 0 Å². The number of benzene rings is 3. The molecule has 0 radical (unpaired) electrons. The summed E-state index contributed by atoms with van der Waals surface area (Å²) in [6, 6.07) is 17.8. The molecule has 0 amide bonds.